The lowest BCUT2D eigenvalue weighted by Crippen LogP contribution is -2.44. The Labute approximate surface area is 165 Å². The fraction of sp³-hybridized carbons (Fsp3) is 0.409. The highest BCUT2D eigenvalue weighted by Crippen LogP contribution is 2.29. The molecule has 1 aliphatic heterocycles. The number of amides is 1. The molecule has 1 aliphatic rings. The Morgan fingerprint density at radius 2 is 1.89 bits per heavy atom. The van der Waals surface area contributed by atoms with Crippen LogP contribution in [0.15, 0.2) is 48.5 Å². The van der Waals surface area contributed by atoms with Crippen LogP contribution in [-0.4, -0.2) is 34.9 Å². The van der Waals surface area contributed by atoms with Gasteiger partial charge in [-0.15, -0.1) is 0 Å². The van der Waals surface area contributed by atoms with Crippen molar-refractivity contribution < 1.29 is 9.72 Å². The molecule has 0 spiro atoms. The molecule has 0 aromatic heterocycles. The first-order valence-corrected chi connectivity index (χ1v) is 9.85. The highest BCUT2D eigenvalue weighted by atomic mass is 16.6. The molecule has 0 radical (unpaired) electrons. The molecule has 0 bridgehead atoms. The van der Waals surface area contributed by atoms with E-state index < -0.39 is 0 Å². The number of nitro groups is 1. The summed E-state index contributed by atoms with van der Waals surface area (Å²) in [4.78, 5) is 25.9. The number of nitrogens with one attached hydrogen (secondary N) is 1. The maximum Gasteiger partial charge on any atom is 0.292 e. The molecule has 1 heterocycles. The number of nitrogens with zero attached hydrogens (tertiary/aromatic N) is 2. The van der Waals surface area contributed by atoms with Crippen molar-refractivity contribution in [3.8, 4) is 0 Å². The van der Waals surface area contributed by atoms with Gasteiger partial charge < -0.3 is 10.2 Å². The molecule has 28 heavy (non-hydrogen) atoms. The lowest BCUT2D eigenvalue weighted by atomic mass is 9.93. The molecule has 0 saturated carbocycles. The molecule has 1 fully saturated rings. The van der Waals surface area contributed by atoms with Crippen molar-refractivity contribution in [1.82, 2.24) is 4.90 Å². The number of rotatable bonds is 6. The van der Waals surface area contributed by atoms with E-state index in [4.69, 9.17) is 0 Å². The third-order valence-electron chi connectivity index (χ3n) is 5.42. The van der Waals surface area contributed by atoms with Gasteiger partial charge in [0.1, 0.15) is 5.69 Å². The van der Waals surface area contributed by atoms with Gasteiger partial charge in [0.05, 0.1) is 10.8 Å². The zero-order valence-corrected chi connectivity index (χ0v) is 16.4. The largest absolute Gasteiger partial charge is 0.377 e. The number of hydrogen-bond acceptors (Lipinski definition) is 4. The van der Waals surface area contributed by atoms with E-state index in [1.807, 2.05) is 55.1 Å². The number of benzene rings is 2. The molecule has 1 N–H and O–H groups in total. The topological polar surface area (TPSA) is 75.5 Å². The number of piperidine rings is 1. The van der Waals surface area contributed by atoms with Gasteiger partial charge in [0.2, 0.25) is 5.91 Å². The second-order valence-electron chi connectivity index (χ2n) is 7.39. The lowest BCUT2D eigenvalue weighted by Gasteiger charge is -2.35. The van der Waals surface area contributed by atoms with Crippen LogP contribution in [0.5, 0.6) is 0 Å². The predicted molar refractivity (Wildman–Crippen MR) is 111 cm³/mol. The van der Waals surface area contributed by atoms with Gasteiger partial charge in [-0.2, -0.15) is 0 Å². The van der Waals surface area contributed by atoms with Crippen LogP contribution in [0.4, 0.5) is 11.4 Å². The van der Waals surface area contributed by atoms with Crippen molar-refractivity contribution >= 4 is 17.3 Å². The Hall–Kier alpha value is -2.89. The average Bonchev–Trinajstić information content (AvgIpc) is 2.71. The van der Waals surface area contributed by atoms with Crippen molar-refractivity contribution in [1.29, 1.82) is 0 Å². The number of aryl methyl sites for hydroxylation is 1. The summed E-state index contributed by atoms with van der Waals surface area (Å²) in [5.41, 5.74) is 2.58. The number of carbonyl (C=O) groups excluding carboxylic acids is 1. The maximum absolute atomic E-state index is 13.0. The Balaban J connectivity index is 1.62. The zero-order valence-electron chi connectivity index (χ0n) is 16.4. The van der Waals surface area contributed by atoms with Crippen molar-refractivity contribution in [3.05, 3.63) is 69.8 Å². The summed E-state index contributed by atoms with van der Waals surface area (Å²) in [6.45, 7) is 5.22. The van der Waals surface area contributed by atoms with Crippen LogP contribution in [0.2, 0.25) is 0 Å². The Bertz CT molecular complexity index is 830. The standard InChI is InChI=1S/C22H27N3O3/c1-3-19(17-7-5-4-6-8-17)22(26)24-13-11-18(12-14-24)23-20-10-9-16(2)15-21(20)25(27)28/h4-10,15,18-19,23H,3,11-14H2,1-2H3. The third-order valence-corrected chi connectivity index (χ3v) is 5.42. The Morgan fingerprint density at radius 3 is 2.50 bits per heavy atom. The first-order chi connectivity index (χ1) is 13.5. The van der Waals surface area contributed by atoms with E-state index in [0.717, 1.165) is 30.4 Å². The summed E-state index contributed by atoms with van der Waals surface area (Å²) in [6.07, 6.45) is 2.33. The molecule has 0 aliphatic carbocycles. The summed E-state index contributed by atoms with van der Waals surface area (Å²) in [6, 6.07) is 15.3. The fourth-order valence-electron chi connectivity index (χ4n) is 3.84. The van der Waals surface area contributed by atoms with Crippen molar-refractivity contribution in [3.63, 3.8) is 0 Å². The molecule has 6 heteroatoms. The van der Waals surface area contributed by atoms with E-state index in [0.29, 0.717) is 18.8 Å². The summed E-state index contributed by atoms with van der Waals surface area (Å²) in [7, 11) is 0. The first-order valence-electron chi connectivity index (χ1n) is 9.85. The van der Waals surface area contributed by atoms with Crippen LogP contribution in [0, 0.1) is 17.0 Å². The van der Waals surface area contributed by atoms with Gasteiger partial charge in [-0.05, 0) is 43.4 Å². The average molecular weight is 381 g/mol. The summed E-state index contributed by atoms with van der Waals surface area (Å²) in [5, 5.41) is 14.6. The van der Waals surface area contributed by atoms with Crippen molar-refractivity contribution in [2.75, 3.05) is 18.4 Å². The summed E-state index contributed by atoms with van der Waals surface area (Å²) in [5.74, 6) is 0.0670. The number of hydrogen-bond donors (Lipinski definition) is 1. The lowest BCUT2D eigenvalue weighted by molar-refractivity contribution is -0.384. The van der Waals surface area contributed by atoms with Crippen LogP contribution < -0.4 is 5.32 Å². The van der Waals surface area contributed by atoms with Crippen LogP contribution in [0.25, 0.3) is 0 Å². The molecule has 2 aromatic rings. The van der Waals surface area contributed by atoms with Gasteiger partial charge in [0, 0.05) is 25.2 Å². The van der Waals surface area contributed by atoms with E-state index in [1.165, 1.54) is 0 Å². The van der Waals surface area contributed by atoms with Gasteiger partial charge in [-0.1, -0.05) is 43.3 Å². The minimum atomic E-state index is -0.348. The Kier molecular flexibility index (Phi) is 6.29. The number of anilines is 1. The van der Waals surface area contributed by atoms with Crippen LogP contribution in [0.3, 0.4) is 0 Å². The normalized spacial score (nSPS) is 15.9. The van der Waals surface area contributed by atoms with Crippen LogP contribution in [0.1, 0.15) is 43.2 Å². The molecule has 1 unspecified atom stereocenters. The molecule has 2 aromatic carbocycles. The molecule has 1 atom stereocenters. The molecule has 1 saturated heterocycles. The second kappa shape index (κ2) is 8.87. The second-order valence-corrected chi connectivity index (χ2v) is 7.39. The number of likely N-dealkylation sites (tertiary alicyclic amines) is 1. The van der Waals surface area contributed by atoms with E-state index in [1.54, 1.807) is 12.1 Å². The molecule has 1 amide bonds. The zero-order chi connectivity index (χ0) is 20.1. The molecular weight excluding hydrogens is 354 g/mol. The number of nitro benzene ring substituents is 1. The van der Waals surface area contributed by atoms with Crippen LogP contribution in [-0.2, 0) is 4.79 Å². The van der Waals surface area contributed by atoms with Crippen molar-refractivity contribution in [2.45, 2.75) is 45.1 Å². The SMILES string of the molecule is CCC(C(=O)N1CCC(Nc2ccc(C)cc2[N+](=O)[O-])CC1)c1ccccc1. The van der Waals surface area contributed by atoms with E-state index in [9.17, 15) is 14.9 Å². The quantitative estimate of drug-likeness (QED) is 0.590. The number of carbonyl (C=O) groups is 1. The summed E-state index contributed by atoms with van der Waals surface area (Å²) < 4.78 is 0. The van der Waals surface area contributed by atoms with Crippen LogP contribution >= 0.6 is 0 Å². The highest BCUT2D eigenvalue weighted by Gasteiger charge is 2.29. The van der Waals surface area contributed by atoms with E-state index in [2.05, 4.69) is 5.32 Å². The highest BCUT2D eigenvalue weighted by molar-refractivity contribution is 5.83. The monoisotopic (exact) mass is 381 g/mol. The van der Waals surface area contributed by atoms with Gasteiger partial charge in [-0.3, -0.25) is 14.9 Å². The van der Waals surface area contributed by atoms with E-state index >= 15 is 0 Å². The molecular formula is C22H27N3O3. The minimum Gasteiger partial charge on any atom is -0.377 e. The van der Waals surface area contributed by atoms with Gasteiger partial charge in [-0.25, -0.2) is 0 Å². The Morgan fingerprint density at radius 1 is 1.21 bits per heavy atom. The minimum absolute atomic E-state index is 0.105. The van der Waals surface area contributed by atoms with E-state index in [-0.39, 0.29) is 28.5 Å². The smallest absolute Gasteiger partial charge is 0.292 e. The third kappa shape index (κ3) is 4.50. The molecule has 3 rings (SSSR count). The molecule has 148 valence electrons. The summed E-state index contributed by atoms with van der Waals surface area (Å²) >= 11 is 0. The maximum atomic E-state index is 13.0. The fourth-order valence-corrected chi connectivity index (χ4v) is 3.84. The van der Waals surface area contributed by atoms with Gasteiger partial charge in [0.25, 0.3) is 5.69 Å². The first kappa shape index (κ1) is 19.9. The predicted octanol–water partition coefficient (Wildman–Crippen LogP) is 4.50. The molecule has 6 nitrogen and oxygen atoms in total. The van der Waals surface area contributed by atoms with Gasteiger partial charge in [0.15, 0.2) is 0 Å². The van der Waals surface area contributed by atoms with Gasteiger partial charge >= 0.3 is 0 Å². The van der Waals surface area contributed by atoms with Crippen molar-refractivity contribution in [2.24, 2.45) is 0 Å².